The van der Waals surface area contributed by atoms with Crippen molar-refractivity contribution in [2.45, 2.75) is 130 Å². The number of carbonyl (C=O) groups is 2. The van der Waals surface area contributed by atoms with E-state index in [2.05, 4.69) is 6.92 Å². The molecule has 0 aromatic heterocycles. The van der Waals surface area contributed by atoms with Crippen molar-refractivity contribution in [2.24, 2.45) is 11.8 Å². The Morgan fingerprint density at radius 3 is 1.76 bits per heavy atom. The van der Waals surface area contributed by atoms with Gasteiger partial charge in [0, 0.05) is 5.56 Å². The zero-order valence-electron chi connectivity index (χ0n) is 24.0. The van der Waals surface area contributed by atoms with Gasteiger partial charge in [-0.3, -0.25) is 0 Å². The molecule has 1 saturated carbocycles. The van der Waals surface area contributed by atoms with Crippen LogP contribution in [0.5, 0.6) is 5.75 Å². The first-order chi connectivity index (χ1) is 18.3. The van der Waals surface area contributed by atoms with Gasteiger partial charge in [0.2, 0.25) is 0 Å². The molecule has 3 rings (SSSR count). The van der Waals surface area contributed by atoms with Crippen molar-refractivity contribution in [3.05, 3.63) is 29.8 Å². The van der Waals surface area contributed by atoms with Gasteiger partial charge in [-0.2, -0.15) is 0 Å². The van der Waals surface area contributed by atoms with Crippen LogP contribution in [0.3, 0.4) is 0 Å². The van der Waals surface area contributed by atoms with E-state index in [0.29, 0.717) is 12.2 Å². The average Bonchev–Trinajstić information content (AvgIpc) is 3.33. The Morgan fingerprint density at radius 2 is 1.29 bits per heavy atom. The molecule has 0 N–H and O–H groups in total. The Labute approximate surface area is 228 Å². The molecule has 1 aromatic rings. The molecule has 2 atom stereocenters. The second-order valence-corrected chi connectivity index (χ2v) is 11.4. The number of carbonyl (C=O) groups excluding carboxylic acids is 2. The van der Waals surface area contributed by atoms with Crippen LogP contribution in [-0.4, -0.2) is 43.0 Å². The van der Waals surface area contributed by atoms with E-state index in [-0.39, 0.29) is 12.2 Å². The van der Waals surface area contributed by atoms with Crippen molar-refractivity contribution in [3.8, 4) is 5.75 Å². The zero-order chi connectivity index (χ0) is 27.5. The number of hydrogen-bond donors (Lipinski definition) is 0. The number of ether oxygens (including phenoxy) is 5. The van der Waals surface area contributed by atoms with Gasteiger partial charge in [0.15, 0.2) is 18.5 Å². The van der Waals surface area contributed by atoms with Crippen LogP contribution in [0, 0.1) is 11.8 Å². The predicted molar refractivity (Wildman–Crippen MR) is 146 cm³/mol. The van der Waals surface area contributed by atoms with Gasteiger partial charge in [-0.1, -0.05) is 70.4 Å². The fraction of sp³-hybridized carbons (Fsp3) is 0.742. The fourth-order valence-electron chi connectivity index (χ4n) is 5.33. The van der Waals surface area contributed by atoms with Gasteiger partial charge in [-0.05, 0) is 64.5 Å². The minimum atomic E-state index is -1.18. The van der Waals surface area contributed by atoms with Gasteiger partial charge in [-0.15, -0.1) is 0 Å². The molecule has 0 amide bonds. The number of benzene rings is 1. The van der Waals surface area contributed by atoms with E-state index in [1.165, 1.54) is 57.8 Å². The SMILES string of the molecule is CCCCCC1CCC(CCCOc2ccc(C3O[C@@H](C(=O)OC(C)C)[C@H](C(=O)OC(C)C)O3)cc2)CC1. The minimum absolute atomic E-state index is 0.339. The van der Waals surface area contributed by atoms with Crippen LogP contribution in [0.1, 0.15) is 111 Å². The van der Waals surface area contributed by atoms with Crippen molar-refractivity contribution < 1.29 is 33.3 Å². The Kier molecular flexibility index (Phi) is 12.4. The van der Waals surface area contributed by atoms with Gasteiger partial charge in [-0.25, -0.2) is 9.59 Å². The molecule has 7 heteroatoms. The molecular formula is C31H48O7. The maximum atomic E-state index is 12.6. The van der Waals surface area contributed by atoms with Crippen LogP contribution in [0.4, 0.5) is 0 Å². The third-order valence-electron chi connectivity index (χ3n) is 7.34. The standard InChI is InChI=1S/C31H48O7/c1-6-7-8-10-23-12-14-24(15-13-23)11-9-20-34-26-18-16-25(17-19-26)31-37-27(29(32)35-21(2)3)28(38-31)30(33)36-22(4)5/h16-19,21-24,27-28,31H,6-15,20H2,1-5H3/t23?,24?,27-,28-/m1/s1. The third-order valence-corrected chi connectivity index (χ3v) is 7.34. The summed E-state index contributed by atoms with van der Waals surface area (Å²) in [5.41, 5.74) is 0.690. The van der Waals surface area contributed by atoms with E-state index < -0.39 is 30.4 Å². The summed E-state index contributed by atoms with van der Waals surface area (Å²) >= 11 is 0. The summed E-state index contributed by atoms with van der Waals surface area (Å²) < 4.78 is 28.2. The monoisotopic (exact) mass is 532 g/mol. The van der Waals surface area contributed by atoms with Crippen molar-refractivity contribution in [3.63, 3.8) is 0 Å². The summed E-state index contributed by atoms with van der Waals surface area (Å²) in [7, 11) is 0. The first-order valence-corrected chi connectivity index (χ1v) is 14.7. The van der Waals surface area contributed by atoms with Gasteiger partial charge < -0.3 is 23.7 Å². The predicted octanol–water partition coefficient (Wildman–Crippen LogP) is 6.92. The summed E-state index contributed by atoms with van der Waals surface area (Å²) in [5, 5.41) is 0. The lowest BCUT2D eigenvalue weighted by atomic mass is 9.78. The normalized spacial score (nSPS) is 24.1. The van der Waals surface area contributed by atoms with Gasteiger partial charge >= 0.3 is 11.9 Å². The average molecular weight is 533 g/mol. The highest BCUT2D eigenvalue weighted by Crippen LogP contribution is 2.35. The highest BCUT2D eigenvalue weighted by molar-refractivity contribution is 5.86. The molecule has 0 radical (unpaired) electrons. The van der Waals surface area contributed by atoms with E-state index in [0.717, 1.165) is 24.0 Å². The quantitative estimate of drug-likeness (QED) is 0.190. The molecule has 0 spiro atoms. The topological polar surface area (TPSA) is 80.3 Å². The Hall–Kier alpha value is -2.12. The summed E-state index contributed by atoms with van der Waals surface area (Å²) in [6, 6.07) is 7.40. The summed E-state index contributed by atoms with van der Waals surface area (Å²) in [6.07, 6.45) is 9.38. The Balaban J connectivity index is 1.44. The van der Waals surface area contributed by atoms with E-state index in [1.54, 1.807) is 27.7 Å². The maximum Gasteiger partial charge on any atom is 0.339 e. The number of unbranched alkanes of at least 4 members (excludes halogenated alkanes) is 2. The van der Waals surface area contributed by atoms with Crippen LogP contribution in [-0.2, 0) is 28.5 Å². The molecule has 38 heavy (non-hydrogen) atoms. The van der Waals surface area contributed by atoms with Crippen LogP contribution in [0.15, 0.2) is 24.3 Å². The zero-order valence-corrected chi connectivity index (χ0v) is 24.0. The van der Waals surface area contributed by atoms with E-state index >= 15 is 0 Å². The van der Waals surface area contributed by atoms with Crippen molar-refractivity contribution >= 4 is 11.9 Å². The van der Waals surface area contributed by atoms with Crippen molar-refractivity contribution in [1.82, 2.24) is 0 Å². The second kappa shape index (κ2) is 15.5. The smallest absolute Gasteiger partial charge is 0.339 e. The number of rotatable bonds is 14. The van der Waals surface area contributed by atoms with E-state index in [9.17, 15) is 9.59 Å². The molecular weight excluding hydrogens is 484 g/mol. The van der Waals surface area contributed by atoms with E-state index in [4.69, 9.17) is 23.7 Å². The lowest BCUT2D eigenvalue weighted by Crippen LogP contribution is -2.40. The highest BCUT2D eigenvalue weighted by atomic mass is 16.8. The van der Waals surface area contributed by atoms with Crippen LogP contribution in [0.2, 0.25) is 0 Å². The minimum Gasteiger partial charge on any atom is -0.494 e. The highest BCUT2D eigenvalue weighted by Gasteiger charge is 2.48. The Bertz CT molecular complexity index is 812. The van der Waals surface area contributed by atoms with E-state index in [1.807, 2.05) is 24.3 Å². The summed E-state index contributed by atoms with van der Waals surface area (Å²) in [4.78, 5) is 25.1. The molecule has 1 aromatic carbocycles. The second-order valence-electron chi connectivity index (χ2n) is 11.4. The third kappa shape index (κ3) is 9.57. The molecule has 2 fully saturated rings. The molecule has 2 aliphatic rings. The lowest BCUT2D eigenvalue weighted by molar-refractivity contribution is -0.167. The van der Waals surface area contributed by atoms with Crippen molar-refractivity contribution in [1.29, 1.82) is 0 Å². The van der Waals surface area contributed by atoms with Crippen molar-refractivity contribution in [2.75, 3.05) is 6.61 Å². The summed E-state index contributed by atoms with van der Waals surface area (Å²) in [6.45, 7) is 9.93. The lowest BCUT2D eigenvalue weighted by Gasteiger charge is -2.28. The van der Waals surface area contributed by atoms with Gasteiger partial charge in [0.1, 0.15) is 5.75 Å². The molecule has 1 heterocycles. The molecule has 1 aliphatic carbocycles. The fourth-order valence-corrected chi connectivity index (χ4v) is 5.33. The largest absolute Gasteiger partial charge is 0.494 e. The van der Waals surface area contributed by atoms with Crippen LogP contribution in [0.25, 0.3) is 0 Å². The molecule has 0 bridgehead atoms. The number of esters is 2. The van der Waals surface area contributed by atoms with Gasteiger partial charge in [0.25, 0.3) is 0 Å². The molecule has 1 aliphatic heterocycles. The maximum absolute atomic E-state index is 12.6. The summed E-state index contributed by atoms with van der Waals surface area (Å²) in [5.74, 6) is 1.28. The van der Waals surface area contributed by atoms with Gasteiger partial charge in [0.05, 0.1) is 18.8 Å². The number of hydrogen-bond acceptors (Lipinski definition) is 7. The molecule has 1 saturated heterocycles. The molecule has 0 unspecified atom stereocenters. The van der Waals surface area contributed by atoms with Crippen LogP contribution < -0.4 is 4.74 Å². The van der Waals surface area contributed by atoms with Crippen LogP contribution >= 0.6 is 0 Å². The Morgan fingerprint density at radius 1 is 0.789 bits per heavy atom. The molecule has 214 valence electrons. The first kappa shape index (κ1) is 30.4. The molecule has 7 nitrogen and oxygen atoms in total. The first-order valence-electron chi connectivity index (χ1n) is 14.7.